The lowest BCUT2D eigenvalue weighted by atomic mass is 9.94. The molecule has 2 amide bonds. The van der Waals surface area contributed by atoms with Gasteiger partial charge in [0.2, 0.25) is 12.0 Å². The van der Waals surface area contributed by atoms with Gasteiger partial charge in [-0.05, 0) is 30.3 Å². The van der Waals surface area contributed by atoms with Crippen molar-refractivity contribution >= 4 is 23.2 Å². The molecule has 0 radical (unpaired) electrons. The summed E-state index contributed by atoms with van der Waals surface area (Å²) in [6, 6.07) is 9.01. The molecule has 0 aromatic heterocycles. The SMILES string of the molecule is O=C1C2ON=C(c3ccc(F)cc3)C2C(=O)N1c1cccc(C(F)(F)F)c1. The van der Waals surface area contributed by atoms with Crippen LogP contribution < -0.4 is 4.90 Å². The standard InChI is InChI=1S/C18H10F4N2O3/c19-11-6-4-9(5-7-11)14-13-15(27-23-14)17(26)24(16(13)25)12-3-1-2-10(8-12)18(20,21)22/h1-8,13,15H. The number of carbonyl (C=O) groups excluding carboxylic acids is 2. The van der Waals surface area contributed by atoms with Crippen LogP contribution in [-0.2, 0) is 20.6 Å². The molecule has 2 aromatic carbocycles. The van der Waals surface area contributed by atoms with Crippen molar-refractivity contribution in [1.82, 2.24) is 0 Å². The van der Waals surface area contributed by atoms with Gasteiger partial charge in [-0.15, -0.1) is 0 Å². The van der Waals surface area contributed by atoms with Crippen molar-refractivity contribution in [3.63, 3.8) is 0 Å². The van der Waals surface area contributed by atoms with E-state index in [-0.39, 0.29) is 11.4 Å². The zero-order chi connectivity index (χ0) is 19.3. The van der Waals surface area contributed by atoms with Crippen molar-refractivity contribution < 1.29 is 32.0 Å². The predicted octanol–water partition coefficient (Wildman–Crippen LogP) is 3.14. The third-order valence-electron chi connectivity index (χ3n) is 4.38. The van der Waals surface area contributed by atoms with Crippen LogP contribution in [0.5, 0.6) is 0 Å². The Morgan fingerprint density at radius 3 is 2.37 bits per heavy atom. The Labute approximate surface area is 149 Å². The number of hydrogen-bond donors (Lipinski definition) is 0. The molecule has 27 heavy (non-hydrogen) atoms. The molecule has 2 aliphatic heterocycles. The molecule has 0 N–H and O–H groups in total. The van der Waals surface area contributed by atoms with E-state index in [1.807, 2.05) is 0 Å². The molecule has 1 fully saturated rings. The topological polar surface area (TPSA) is 59.0 Å². The molecule has 0 aliphatic carbocycles. The molecule has 2 atom stereocenters. The third-order valence-corrected chi connectivity index (χ3v) is 4.38. The molecule has 0 bridgehead atoms. The van der Waals surface area contributed by atoms with Crippen LogP contribution in [0.3, 0.4) is 0 Å². The molecule has 2 heterocycles. The molecule has 2 aliphatic rings. The largest absolute Gasteiger partial charge is 0.416 e. The summed E-state index contributed by atoms with van der Waals surface area (Å²) in [6.45, 7) is 0. The highest BCUT2D eigenvalue weighted by Gasteiger charge is 2.56. The number of hydrogen-bond acceptors (Lipinski definition) is 4. The lowest BCUT2D eigenvalue weighted by Gasteiger charge is -2.17. The molecular formula is C18H10F4N2O3. The van der Waals surface area contributed by atoms with Crippen LogP contribution in [0.25, 0.3) is 0 Å². The van der Waals surface area contributed by atoms with Gasteiger partial charge in [-0.1, -0.05) is 23.4 Å². The number of nitrogens with zero attached hydrogens (tertiary/aromatic N) is 2. The van der Waals surface area contributed by atoms with E-state index in [1.165, 1.54) is 18.2 Å². The number of alkyl halides is 3. The molecule has 5 nitrogen and oxygen atoms in total. The Hall–Kier alpha value is -3.23. The fraction of sp³-hybridized carbons (Fsp3) is 0.167. The summed E-state index contributed by atoms with van der Waals surface area (Å²) in [5, 5.41) is 3.75. The van der Waals surface area contributed by atoms with Gasteiger partial charge in [-0.2, -0.15) is 13.2 Å². The van der Waals surface area contributed by atoms with Crippen LogP contribution in [0.1, 0.15) is 11.1 Å². The van der Waals surface area contributed by atoms with Crippen LogP contribution in [0.4, 0.5) is 23.2 Å². The molecule has 2 aromatic rings. The maximum Gasteiger partial charge on any atom is 0.416 e. The van der Waals surface area contributed by atoms with E-state index < -0.39 is 41.4 Å². The van der Waals surface area contributed by atoms with Crippen LogP contribution in [-0.4, -0.2) is 23.6 Å². The number of imide groups is 1. The first-order valence-electron chi connectivity index (χ1n) is 7.82. The van der Waals surface area contributed by atoms with Gasteiger partial charge in [0.1, 0.15) is 17.4 Å². The average Bonchev–Trinajstić information content (AvgIpc) is 3.16. The van der Waals surface area contributed by atoms with Gasteiger partial charge < -0.3 is 4.84 Å². The maximum absolute atomic E-state index is 13.1. The number of benzene rings is 2. The average molecular weight is 378 g/mol. The van der Waals surface area contributed by atoms with Crippen LogP contribution in [0, 0.1) is 11.7 Å². The minimum absolute atomic E-state index is 0.132. The normalized spacial score (nSPS) is 21.9. The van der Waals surface area contributed by atoms with Crippen molar-refractivity contribution in [2.45, 2.75) is 12.3 Å². The number of anilines is 1. The van der Waals surface area contributed by atoms with Gasteiger partial charge in [-0.25, -0.2) is 9.29 Å². The Kier molecular flexibility index (Phi) is 3.76. The first-order valence-corrected chi connectivity index (χ1v) is 7.82. The van der Waals surface area contributed by atoms with Crippen LogP contribution in [0.15, 0.2) is 53.7 Å². The lowest BCUT2D eigenvalue weighted by Crippen LogP contribution is -2.33. The first-order chi connectivity index (χ1) is 12.8. The minimum atomic E-state index is -4.62. The summed E-state index contributed by atoms with van der Waals surface area (Å²) in [4.78, 5) is 31.1. The number of amides is 2. The van der Waals surface area contributed by atoms with E-state index in [0.29, 0.717) is 10.5 Å². The molecule has 9 heteroatoms. The molecule has 4 rings (SSSR count). The van der Waals surface area contributed by atoms with Gasteiger partial charge >= 0.3 is 6.18 Å². The van der Waals surface area contributed by atoms with Crippen LogP contribution >= 0.6 is 0 Å². The predicted molar refractivity (Wildman–Crippen MR) is 85.2 cm³/mol. The third kappa shape index (κ3) is 2.75. The number of fused-ring (bicyclic) bond motifs is 1. The summed E-state index contributed by atoms with van der Waals surface area (Å²) in [5.74, 6) is -3.14. The highest BCUT2D eigenvalue weighted by atomic mass is 19.4. The van der Waals surface area contributed by atoms with E-state index in [4.69, 9.17) is 4.84 Å². The zero-order valence-electron chi connectivity index (χ0n) is 13.4. The molecule has 0 saturated carbocycles. The highest BCUT2D eigenvalue weighted by molar-refractivity contribution is 6.32. The number of oxime groups is 1. The van der Waals surface area contributed by atoms with Gasteiger partial charge in [0, 0.05) is 5.56 Å². The summed E-state index contributed by atoms with van der Waals surface area (Å²) in [5.41, 5.74) is -0.661. The second kappa shape index (κ2) is 5.90. The smallest absolute Gasteiger partial charge is 0.381 e. The zero-order valence-corrected chi connectivity index (χ0v) is 13.4. The Bertz CT molecular complexity index is 969. The Balaban J connectivity index is 1.69. The van der Waals surface area contributed by atoms with Crippen molar-refractivity contribution in [3.05, 3.63) is 65.5 Å². The summed E-state index contributed by atoms with van der Waals surface area (Å²) >= 11 is 0. The molecule has 2 unspecified atom stereocenters. The molecule has 0 spiro atoms. The monoisotopic (exact) mass is 378 g/mol. The van der Waals surface area contributed by atoms with E-state index in [1.54, 1.807) is 0 Å². The van der Waals surface area contributed by atoms with Crippen molar-refractivity contribution in [1.29, 1.82) is 0 Å². The second-order valence-corrected chi connectivity index (χ2v) is 6.05. The quantitative estimate of drug-likeness (QED) is 0.596. The van der Waals surface area contributed by atoms with E-state index in [2.05, 4.69) is 5.16 Å². The molecular weight excluding hydrogens is 368 g/mol. The van der Waals surface area contributed by atoms with Gasteiger partial charge in [0.15, 0.2) is 0 Å². The summed E-state index contributed by atoms with van der Waals surface area (Å²) in [7, 11) is 0. The van der Waals surface area contributed by atoms with E-state index in [0.717, 1.165) is 30.3 Å². The van der Waals surface area contributed by atoms with Gasteiger partial charge in [0.25, 0.3) is 5.91 Å². The fourth-order valence-corrected chi connectivity index (χ4v) is 3.11. The Morgan fingerprint density at radius 2 is 1.70 bits per heavy atom. The maximum atomic E-state index is 13.1. The number of rotatable bonds is 2. The summed E-state index contributed by atoms with van der Waals surface area (Å²) in [6.07, 6.45) is -5.87. The van der Waals surface area contributed by atoms with Crippen molar-refractivity contribution in [2.24, 2.45) is 11.1 Å². The van der Waals surface area contributed by atoms with Crippen LogP contribution in [0.2, 0.25) is 0 Å². The number of carbonyl (C=O) groups is 2. The van der Waals surface area contributed by atoms with Crippen molar-refractivity contribution in [3.8, 4) is 0 Å². The molecule has 138 valence electrons. The lowest BCUT2D eigenvalue weighted by molar-refractivity contribution is -0.137. The first kappa shape index (κ1) is 17.2. The second-order valence-electron chi connectivity index (χ2n) is 6.05. The summed E-state index contributed by atoms with van der Waals surface area (Å²) < 4.78 is 51.9. The highest BCUT2D eigenvalue weighted by Crippen LogP contribution is 2.37. The Morgan fingerprint density at radius 1 is 1.00 bits per heavy atom. The molecule has 1 saturated heterocycles. The minimum Gasteiger partial charge on any atom is -0.381 e. The fourth-order valence-electron chi connectivity index (χ4n) is 3.11. The van der Waals surface area contributed by atoms with E-state index in [9.17, 15) is 27.2 Å². The number of halogens is 4. The van der Waals surface area contributed by atoms with Gasteiger partial charge in [-0.3, -0.25) is 9.59 Å². The van der Waals surface area contributed by atoms with Gasteiger partial charge in [0.05, 0.1) is 11.3 Å². The van der Waals surface area contributed by atoms with E-state index >= 15 is 0 Å². The van der Waals surface area contributed by atoms with Crippen molar-refractivity contribution in [2.75, 3.05) is 4.90 Å².